The predicted octanol–water partition coefficient (Wildman–Crippen LogP) is 11.0. The zero-order valence-corrected chi connectivity index (χ0v) is 37.3. The van der Waals surface area contributed by atoms with Crippen LogP contribution in [-0.4, -0.2) is 62.0 Å². The molecule has 0 heterocycles. The van der Waals surface area contributed by atoms with Crippen LogP contribution in [0.5, 0.6) is 11.5 Å². The van der Waals surface area contributed by atoms with Gasteiger partial charge in [-0.2, -0.15) is 0 Å². The number of aryl methyl sites for hydroxylation is 2. The number of carbonyl (C=O) groups excluding carboxylic acids is 3. The van der Waals surface area contributed by atoms with Crippen LogP contribution in [0.15, 0.2) is 48.5 Å². The van der Waals surface area contributed by atoms with Gasteiger partial charge in [-0.15, -0.1) is 0 Å². The molecule has 0 saturated heterocycles. The van der Waals surface area contributed by atoms with Crippen molar-refractivity contribution in [1.82, 2.24) is 0 Å². The fourth-order valence-electron chi connectivity index (χ4n) is 6.87. The van der Waals surface area contributed by atoms with E-state index in [2.05, 4.69) is 13.8 Å². The largest absolute Gasteiger partial charge is 0.494 e. The number of carboxylic acids is 1. The lowest BCUT2D eigenvalue weighted by atomic mass is 9.73. The van der Waals surface area contributed by atoms with E-state index >= 15 is 0 Å². The van der Waals surface area contributed by atoms with Crippen molar-refractivity contribution in [3.8, 4) is 11.5 Å². The van der Waals surface area contributed by atoms with E-state index in [4.69, 9.17) is 23.7 Å². The fraction of sp³-hybridized carbons (Fsp3) is 0.667. The second-order valence-electron chi connectivity index (χ2n) is 15.5. The molecule has 2 aromatic rings. The van der Waals surface area contributed by atoms with Gasteiger partial charge in [0.25, 0.3) is 0 Å². The minimum Gasteiger partial charge on any atom is -0.494 e. The van der Waals surface area contributed by atoms with Gasteiger partial charge in [0, 0.05) is 0 Å². The first-order chi connectivity index (χ1) is 27.8. The monoisotopic (exact) mass is 813 g/mol. The number of hydrogen-bond donors (Lipinski definition) is 1. The first-order valence-electron chi connectivity index (χ1n) is 22.0. The number of carboxylic acid groups (broad SMARTS) is 1. The molecule has 2 aromatic carbocycles. The number of esters is 3. The van der Waals surface area contributed by atoms with Gasteiger partial charge in [-0.1, -0.05) is 117 Å². The Morgan fingerprint density at radius 3 is 1.14 bits per heavy atom. The van der Waals surface area contributed by atoms with E-state index in [1.807, 2.05) is 62.4 Å². The third kappa shape index (κ3) is 17.0. The molecule has 0 amide bonds. The van der Waals surface area contributed by atoms with Crippen LogP contribution in [0, 0.1) is 22.7 Å². The van der Waals surface area contributed by atoms with Gasteiger partial charge in [-0.05, 0) is 107 Å². The average molecular weight is 813 g/mol. The maximum atomic E-state index is 12.8. The summed E-state index contributed by atoms with van der Waals surface area (Å²) < 4.78 is 27.2. The molecule has 0 saturated carbocycles. The molecule has 0 aliphatic rings. The highest BCUT2D eigenvalue weighted by Crippen LogP contribution is 2.37. The Morgan fingerprint density at radius 2 is 0.828 bits per heavy atom. The summed E-state index contributed by atoms with van der Waals surface area (Å²) in [6.45, 7) is 18.9. The fourth-order valence-corrected chi connectivity index (χ4v) is 6.87. The minimum absolute atomic E-state index is 0.172. The highest BCUT2D eigenvalue weighted by molar-refractivity contribution is 6.00. The summed E-state index contributed by atoms with van der Waals surface area (Å²) in [5, 5.41) is 9.77. The molecule has 1 unspecified atom stereocenters. The molecular formula is C48H76O10. The average Bonchev–Trinajstić information content (AvgIpc) is 3.19. The van der Waals surface area contributed by atoms with Crippen LogP contribution in [0.25, 0.3) is 0 Å². The topological polar surface area (TPSA) is 135 Å². The summed E-state index contributed by atoms with van der Waals surface area (Å²) in [5.74, 6) is -1.70. The van der Waals surface area contributed by atoms with Gasteiger partial charge in [-0.3, -0.25) is 19.2 Å². The third-order valence-corrected chi connectivity index (χ3v) is 10.8. The molecule has 1 N–H and O–H groups in total. The Labute approximate surface area is 350 Å². The van der Waals surface area contributed by atoms with Gasteiger partial charge >= 0.3 is 23.9 Å². The predicted molar refractivity (Wildman–Crippen MR) is 230 cm³/mol. The molecule has 10 heteroatoms. The Bertz CT molecular complexity index is 1420. The van der Waals surface area contributed by atoms with Gasteiger partial charge in [-0.25, -0.2) is 0 Å². The van der Waals surface area contributed by atoms with Crippen LogP contribution in [0.4, 0.5) is 0 Å². The highest BCUT2D eigenvalue weighted by atomic mass is 16.6. The maximum Gasteiger partial charge on any atom is 0.323 e. The number of benzene rings is 2. The van der Waals surface area contributed by atoms with Crippen molar-refractivity contribution in [1.29, 1.82) is 0 Å². The van der Waals surface area contributed by atoms with Crippen LogP contribution in [0.1, 0.15) is 150 Å². The highest BCUT2D eigenvalue weighted by Gasteiger charge is 2.51. The van der Waals surface area contributed by atoms with E-state index < -0.39 is 34.7 Å². The number of ether oxygens (including phenoxy) is 5. The van der Waals surface area contributed by atoms with E-state index in [1.54, 1.807) is 34.6 Å². The molecule has 0 bridgehead atoms. The standard InChI is InChI=1S/C25H40O5.C23H36O5/c1-6-9-10-11-12-19-30-22-15-13-21(14-16-22)17-18-25(20(4)5,23(26)28-7-2)24(27)29-8-3;1-5-7-8-9-10-17-28-20-13-11-19(12-14-20)15-16-23(18(3)4,21(24)25)22(26)27-6-2/h13-16,20H,6-12,17-19H2,1-5H3;11-14,18H,5-10,15-17H2,1-4H3,(H,24,25). The quantitative estimate of drug-likeness (QED) is 0.0366. The number of unbranched alkanes of at least 4 members (excludes halogenated alkanes) is 8. The Balaban J connectivity index is 0.000000581. The zero-order valence-electron chi connectivity index (χ0n) is 37.3. The molecule has 58 heavy (non-hydrogen) atoms. The Hall–Kier alpha value is -4.08. The molecule has 0 spiro atoms. The van der Waals surface area contributed by atoms with Crippen molar-refractivity contribution < 1.29 is 48.0 Å². The van der Waals surface area contributed by atoms with Crippen molar-refractivity contribution in [2.45, 2.75) is 152 Å². The first kappa shape index (κ1) is 51.9. The first-order valence-corrected chi connectivity index (χ1v) is 22.0. The summed E-state index contributed by atoms with van der Waals surface area (Å²) >= 11 is 0. The van der Waals surface area contributed by atoms with Crippen LogP contribution in [0.3, 0.4) is 0 Å². The molecule has 328 valence electrons. The van der Waals surface area contributed by atoms with Crippen LogP contribution in [0.2, 0.25) is 0 Å². The lowest BCUT2D eigenvalue weighted by Gasteiger charge is -2.32. The molecule has 2 rings (SSSR count). The Kier molecular flexibility index (Phi) is 26.1. The van der Waals surface area contributed by atoms with Gasteiger partial charge < -0.3 is 28.8 Å². The van der Waals surface area contributed by atoms with E-state index in [0.29, 0.717) is 25.9 Å². The smallest absolute Gasteiger partial charge is 0.323 e. The summed E-state index contributed by atoms with van der Waals surface area (Å²) in [7, 11) is 0. The number of carbonyl (C=O) groups is 4. The maximum absolute atomic E-state index is 12.8. The number of aliphatic carboxylic acids is 1. The van der Waals surface area contributed by atoms with Crippen molar-refractivity contribution in [3.63, 3.8) is 0 Å². The van der Waals surface area contributed by atoms with E-state index in [9.17, 15) is 24.3 Å². The SMILES string of the molecule is CCCCCCCOc1ccc(CCC(C(=O)O)(C(=O)OCC)C(C)C)cc1.CCCCCCCOc1ccc(CCC(C(=O)OCC)(C(=O)OCC)C(C)C)cc1. The molecule has 10 nitrogen and oxygen atoms in total. The van der Waals surface area contributed by atoms with E-state index in [1.165, 1.54) is 51.4 Å². The molecule has 0 aliphatic carbocycles. The van der Waals surface area contributed by atoms with Crippen LogP contribution < -0.4 is 9.47 Å². The van der Waals surface area contributed by atoms with Gasteiger partial charge in [0.15, 0.2) is 10.8 Å². The number of rotatable bonds is 29. The summed E-state index contributed by atoms with van der Waals surface area (Å²) in [6, 6.07) is 15.6. The summed E-state index contributed by atoms with van der Waals surface area (Å²) in [6.07, 6.45) is 13.7. The molecule has 0 aliphatic heterocycles. The zero-order chi connectivity index (χ0) is 43.4. The third-order valence-electron chi connectivity index (χ3n) is 10.8. The number of hydrogen-bond acceptors (Lipinski definition) is 9. The summed E-state index contributed by atoms with van der Waals surface area (Å²) in [4.78, 5) is 49.9. The summed E-state index contributed by atoms with van der Waals surface area (Å²) in [5.41, 5.74) is -0.793. The van der Waals surface area contributed by atoms with Crippen molar-refractivity contribution in [2.24, 2.45) is 22.7 Å². The second-order valence-corrected chi connectivity index (χ2v) is 15.5. The van der Waals surface area contributed by atoms with Crippen molar-refractivity contribution in [3.05, 3.63) is 59.7 Å². The molecule has 1 atom stereocenters. The van der Waals surface area contributed by atoms with Crippen LogP contribution in [-0.2, 0) is 46.2 Å². The van der Waals surface area contributed by atoms with E-state index in [0.717, 1.165) is 42.1 Å². The second kappa shape index (κ2) is 29.2. The van der Waals surface area contributed by atoms with Gasteiger partial charge in [0.2, 0.25) is 0 Å². The molecule has 0 fully saturated rings. The molecule has 0 radical (unpaired) electrons. The Morgan fingerprint density at radius 1 is 0.500 bits per heavy atom. The van der Waals surface area contributed by atoms with E-state index in [-0.39, 0.29) is 38.1 Å². The van der Waals surface area contributed by atoms with Gasteiger partial charge in [0.1, 0.15) is 11.5 Å². The minimum atomic E-state index is -1.52. The van der Waals surface area contributed by atoms with Gasteiger partial charge in [0.05, 0.1) is 33.0 Å². The molecular weight excluding hydrogens is 737 g/mol. The normalized spacial score (nSPS) is 12.3. The van der Waals surface area contributed by atoms with Crippen molar-refractivity contribution >= 4 is 23.9 Å². The lowest BCUT2D eigenvalue weighted by Crippen LogP contribution is -2.46. The lowest BCUT2D eigenvalue weighted by molar-refractivity contribution is -0.177. The van der Waals surface area contributed by atoms with Crippen molar-refractivity contribution in [2.75, 3.05) is 33.0 Å². The molecule has 0 aromatic heterocycles. The van der Waals surface area contributed by atoms with Crippen LogP contribution >= 0.6 is 0 Å².